The highest BCUT2D eigenvalue weighted by atomic mass is 15.3. The Labute approximate surface area is 128 Å². The van der Waals surface area contributed by atoms with Gasteiger partial charge in [-0.1, -0.05) is 12.1 Å². The highest BCUT2D eigenvalue weighted by Gasteiger charge is 2.01. The number of anilines is 1. The SMILES string of the molecule is N#C/C(=N\Nc1ccc(CCc2ccncc2)cc1)C(=N)N. The number of aryl methyl sites for hydroxylation is 2. The predicted octanol–water partition coefficient (Wildman–Crippen LogP) is 2.09. The van der Waals surface area contributed by atoms with Gasteiger partial charge in [-0.15, -0.1) is 0 Å². The number of aromatic nitrogens is 1. The molecule has 110 valence electrons. The van der Waals surface area contributed by atoms with Crippen LogP contribution in [0.25, 0.3) is 0 Å². The number of nitriles is 1. The van der Waals surface area contributed by atoms with Crippen LogP contribution in [-0.2, 0) is 12.8 Å². The molecule has 1 aromatic heterocycles. The van der Waals surface area contributed by atoms with Crippen molar-refractivity contribution in [1.82, 2.24) is 4.98 Å². The van der Waals surface area contributed by atoms with Crippen LogP contribution in [-0.4, -0.2) is 16.5 Å². The zero-order valence-electron chi connectivity index (χ0n) is 12.0. The average Bonchev–Trinajstić information content (AvgIpc) is 2.55. The molecule has 0 unspecified atom stereocenters. The lowest BCUT2D eigenvalue weighted by Gasteiger charge is -2.04. The van der Waals surface area contributed by atoms with E-state index in [0.717, 1.165) is 18.5 Å². The van der Waals surface area contributed by atoms with E-state index in [0.29, 0.717) is 0 Å². The van der Waals surface area contributed by atoms with E-state index in [1.54, 1.807) is 18.5 Å². The van der Waals surface area contributed by atoms with Gasteiger partial charge in [0.05, 0.1) is 5.69 Å². The Hall–Kier alpha value is -3.20. The summed E-state index contributed by atoms with van der Waals surface area (Å²) in [5.74, 6) is -0.357. The van der Waals surface area contributed by atoms with E-state index in [1.807, 2.05) is 36.4 Å². The third kappa shape index (κ3) is 4.42. The van der Waals surface area contributed by atoms with E-state index in [1.165, 1.54) is 11.1 Å². The number of amidine groups is 1. The Morgan fingerprint density at radius 1 is 1.14 bits per heavy atom. The maximum atomic E-state index is 8.75. The molecule has 0 saturated heterocycles. The summed E-state index contributed by atoms with van der Waals surface area (Å²) >= 11 is 0. The molecule has 1 heterocycles. The lowest BCUT2D eigenvalue weighted by Crippen LogP contribution is -2.21. The van der Waals surface area contributed by atoms with E-state index in [2.05, 4.69) is 15.5 Å². The van der Waals surface area contributed by atoms with Crippen LogP contribution in [0.1, 0.15) is 11.1 Å². The molecule has 0 fully saturated rings. The van der Waals surface area contributed by atoms with Gasteiger partial charge in [0.1, 0.15) is 6.07 Å². The summed E-state index contributed by atoms with van der Waals surface area (Å²) in [7, 11) is 0. The molecule has 0 aliphatic rings. The van der Waals surface area contributed by atoms with Crippen molar-refractivity contribution in [1.29, 1.82) is 10.7 Å². The van der Waals surface area contributed by atoms with Crippen molar-refractivity contribution < 1.29 is 0 Å². The third-order valence-corrected chi connectivity index (χ3v) is 3.06. The zero-order valence-corrected chi connectivity index (χ0v) is 12.0. The van der Waals surface area contributed by atoms with Gasteiger partial charge in [0.2, 0.25) is 5.71 Å². The van der Waals surface area contributed by atoms with Crippen LogP contribution in [0.4, 0.5) is 5.69 Å². The highest BCUT2D eigenvalue weighted by molar-refractivity contribution is 6.45. The molecule has 1 aromatic carbocycles. The van der Waals surface area contributed by atoms with Gasteiger partial charge < -0.3 is 5.73 Å². The van der Waals surface area contributed by atoms with E-state index in [-0.39, 0.29) is 11.5 Å². The first-order valence-electron chi connectivity index (χ1n) is 6.75. The second-order valence-electron chi connectivity index (χ2n) is 4.65. The molecule has 0 bridgehead atoms. The largest absolute Gasteiger partial charge is 0.382 e. The minimum Gasteiger partial charge on any atom is -0.382 e. The van der Waals surface area contributed by atoms with Crippen molar-refractivity contribution in [3.63, 3.8) is 0 Å². The second-order valence-corrected chi connectivity index (χ2v) is 4.65. The molecule has 0 spiro atoms. The lowest BCUT2D eigenvalue weighted by atomic mass is 10.1. The van der Waals surface area contributed by atoms with E-state index in [9.17, 15) is 0 Å². The van der Waals surface area contributed by atoms with Gasteiger partial charge in [0.15, 0.2) is 5.84 Å². The number of hydrogen-bond acceptors (Lipinski definition) is 5. The van der Waals surface area contributed by atoms with E-state index >= 15 is 0 Å². The quantitative estimate of drug-likeness (QED) is 0.430. The van der Waals surface area contributed by atoms with Crippen molar-refractivity contribution in [3.8, 4) is 6.07 Å². The summed E-state index contributed by atoms with van der Waals surface area (Å²) < 4.78 is 0. The zero-order chi connectivity index (χ0) is 15.8. The maximum Gasteiger partial charge on any atom is 0.201 e. The fraction of sp³-hybridized carbons (Fsp3) is 0.125. The summed E-state index contributed by atoms with van der Waals surface area (Å²) in [4.78, 5) is 4.00. The Bertz CT molecular complexity index is 698. The van der Waals surface area contributed by atoms with Crippen molar-refractivity contribution >= 4 is 17.2 Å². The number of hydrazone groups is 1. The van der Waals surface area contributed by atoms with Crippen molar-refractivity contribution in [2.75, 3.05) is 5.43 Å². The molecule has 0 saturated carbocycles. The molecule has 6 nitrogen and oxygen atoms in total. The monoisotopic (exact) mass is 292 g/mol. The van der Waals surface area contributed by atoms with Crippen LogP contribution in [0.15, 0.2) is 53.9 Å². The van der Waals surface area contributed by atoms with Gasteiger partial charge >= 0.3 is 0 Å². The first-order valence-corrected chi connectivity index (χ1v) is 6.75. The number of nitrogens with two attached hydrogens (primary N) is 1. The summed E-state index contributed by atoms with van der Waals surface area (Å²) in [5.41, 5.74) is 11.0. The Morgan fingerprint density at radius 3 is 2.27 bits per heavy atom. The Morgan fingerprint density at radius 2 is 1.73 bits per heavy atom. The minimum absolute atomic E-state index is 0.137. The summed E-state index contributed by atoms with van der Waals surface area (Å²) in [6, 6.07) is 13.5. The number of nitrogens with zero attached hydrogens (tertiary/aromatic N) is 3. The van der Waals surface area contributed by atoms with Crippen LogP contribution < -0.4 is 11.2 Å². The Kier molecular flexibility index (Phi) is 5.21. The molecular weight excluding hydrogens is 276 g/mol. The van der Waals surface area contributed by atoms with E-state index in [4.69, 9.17) is 16.4 Å². The predicted molar refractivity (Wildman–Crippen MR) is 86.7 cm³/mol. The molecule has 6 heteroatoms. The van der Waals surface area contributed by atoms with Crippen LogP contribution in [0, 0.1) is 16.7 Å². The number of hydrogen-bond donors (Lipinski definition) is 3. The van der Waals surface area contributed by atoms with Crippen LogP contribution in [0.3, 0.4) is 0 Å². The number of rotatable bonds is 6. The molecular formula is C16H16N6. The smallest absolute Gasteiger partial charge is 0.201 e. The summed E-state index contributed by atoms with van der Waals surface area (Å²) in [5, 5.41) is 19.7. The molecule has 0 atom stereocenters. The van der Waals surface area contributed by atoms with Gasteiger partial charge in [-0.3, -0.25) is 15.8 Å². The fourth-order valence-electron chi connectivity index (χ4n) is 1.85. The standard InChI is InChI=1S/C16H16N6/c17-11-15(16(18)19)22-21-14-5-3-12(4-6-14)1-2-13-7-9-20-10-8-13/h3-10,21H,1-2H2,(H3,18,19)/b22-15+. The van der Waals surface area contributed by atoms with Gasteiger partial charge in [0.25, 0.3) is 0 Å². The highest BCUT2D eigenvalue weighted by Crippen LogP contribution is 2.12. The van der Waals surface area contributed by atoms with Gasteiger partial charge in [-0.2, -0.15) is 10.4 Å². The topological polar surface area (TPSA) is 111 Å². The molecule has 0 aliphatic heterocycles. The lowest BCUT2D eigenvalue weighted by molar-refractivity contribution is 0.955. The molecule has 0 amide bonds. The molecule has 0 radical (unpaired) electrons. The van der Waals surface area contributed by atoms with E-state index < -0.39 is 0 Å². The average molecular weight is 292 g/mol. The molecule has 4 N–H and O–H groups in total. The molecule has 22 heavy (non-hydrogen) atoms. The van der Waals surface area contributed by atoms with Crippen LogP contribution in [0.2, 0.25) is 0 Å². The number of benzene rings is 1. The third-order valence-electron chi connectivity index (χ3n) is 3.06. The van der Waals surface area contributed by atoms with Crippen molar-refractivity contribution in [2.45, 2.75) is 12.8 Å². The normalized spacial score (nSPS) is 10.8. The maximum absolute atomic E-state index is 8.75. The second kappa shape index (κ2) is 7.55. The molecule has 2 rings (SSSR count). The van der Waals surface area contributed by atoms with Crippen molar-refractivity contribution in [3.05, 3.63) is 59.9 Å². The van der Waals surface area contributed by atoms with Gasteiger partial charge in [-0.05, 0) is 48.2 Å². The van der Waals surface area contributed by atoms with Crippen LogP contribution >= 0.6 is 0 Å². The fourth-order valence-corrected chi connectivity index (χ4v) is 1.85. The van der Waals surface area contributed by atoms with Gasteiger partial charge in [0, 0.05) is 12.4 Å². The van der Waals surface area contributed by atoms with Gasteiger partial charge in [-0.25, -0.2) is 0 Å². The van der Waals surface area contributed by atoms with Crippen LogP contribution in [0.5, 0.6) is 0 Å². The summed E-state index contributed by atoms with van der Waals surface area (Å²) in [6.07, 6.45) is 5.48. The molecule has 0 aliphatic carbocycles. The number of nitrogens with one attached hydrogen (secondary N) is 2. The Balaban J connectivity index is 1.93. The first-order chi connectivity index (χ1) is 10.7. The minimum atomic E-state index is -0.357. The first kappa shape index (κ1) is 15.2. The summed E-state index contributed by atoms with van der Waals surface area (Å²) in [6.45, 7) is 0. The number of pyridine rings is 1. The molecule has 2 aromatic rings. The van der Waals surface area contributed by atoms with Crippen molar-refractivity contribution in [2.24, 2.45) is 10.8 Å².